The fourth-order valence-corrected chi connectivity index (χ4v) is 1.31. The molecule has 0 aromatic carbocycles. The molecule has 0 amide bonds. The molecule has 0 radical (unpaired) electrons. The van der Waals surface area contributed by atoms with Gasteiger partial charge in [-0.05, 0) is 19.3 Å². The average molecular weight is 228 g/mol. The number of hydrogen-bond donors (Lipinski definition) is 1. The smallest absolute Gasteiger partial charge is 0.331 e. The van der Waals surface area contributed by atoms with Crippen molar-refractivity contribution in [1.29, 1.82) is 0 Å². The Morgan fingerprint density at radius 2 is 1.94 bits per heavy atom. The Hall–Kier alpha value is -1.32. The molecule has 0 aromatic rings. The largest absolute Gasteiger partial charge is 0.478 e. The molecular weight excluding hydrogens is 208 g/mol. The quantitative estimate of drug-likeness (QED) is 0.394. The van der Waals surface area contributed by atoms with Crippen LogP contribution in [0.15, 0.2) is 12.2 Å². The van der Waals surface area contributed by atoms with Crippen LogP contribution >= 0.6 is 0 Å². The summed E-state index contributed by atoms with van der Waals surface area (Å²) in [5.74, 6) is -1.72. The van der Waals surface area contributed by atoms with Crippen LogP contribution in [0.2, 0.25) is 0 Å². The van der Waals surface area contributed by atoms with Gasteiger partial charge in [-0.3, -0.25) is 0 Å². The number of ether oxygens (including phenoxy) is 1. The molecule has 0 aliphatic rings. The zero-order chi connectivity index (χ0) is 12.4. The van der Waals surface area contributed by atoms with Crippen molar-refractivity contribution in [3.8, 4) is 0 Å². The third kappa shape index (κ3) is 8.03. The fourth-order valence-electron chi connectivity index (χ4n) is 1.31. The van der Waals surface area contributed by atoms with E-state index in [1.807, 2.05) is 6.92 Å². The van der Waals surface area contributed by atoms with Gasteiger partial charge >= 0.3 is 11.9 Å². The number of carbonyl (C=O) groups excluding carboxylic acids is 1. The Morgan fingerprint density at radius 1 is 1.25 bits per heavy atom. The van der Waals surface area contributed by atoms with E-state index in [-0.39, 0.29) is 6.10 Å². The second-order valence-electron chi connectivity index (χ2n) is 3.63. The lowest BCUT2D eigenvalue weighted by atomic mass is 10.1. The van der Waals surface area contributed by atoms with Crippen LogP contribution in [-0.4, -0.2) is 23.1 Å². The van der Waals surface area contributed by atoms with Crippen LogP contribution in [0.5, 0.6) is 0 Å². The number of unbranched alkanes of at least 4 members (excludes halogenated alkanes) is 2. The third-order valence-corrected chi connectivity index (χ3v) is 2.23. The second kappa shape index (κ2) is 8.95. The van der Waals surface area contributed by atoms with Gasteiger partial charge < -0.3 is 9.84 Å². The summed E-state index contributed by atoms with van der Waals surface area (Å²) in [5.41, 5.74) is 0. The number of rotatable bonds is 8. The summed E-state index contributed by atoms with van der Waals surface area (Å²) in [6.45, 7) is 4.06. The number of esters is 1. The number of carboxylic acid groups (broad SMARTS) is 1. The molecule has 0 saturated carbocycles. The number of carboxylic acids is 1. The summed E-state index contributed by atoms with van der Waals surface area (Å²) in [7, 11) is 0. The molecule has 92 valence electrons. The average Bonchev–Trinajstić information content (AvgIpc) is 2.25. The topological polar surface area (TPSA) is 63.6 Å². The summed E-state index contributed by atoms with van der Waals surface area (Å²) >= 11 is 0. The Labute approximate surface area is 96.3 Å². The fraction of sp³-hybridized carbons (Fsp3) is 0.667. The standard InChI is InChI=1S/C12H20O4/c1-3-5-6-7-10(4-2)16-12(15)9-8-11(13)14/h8-10H,3-7H2,1-2H3,(H,13,14)/b9-8-. The highest BCUT2D eigenvalue weighted by Gasteiger charge is 2.10. The molecule has 0 aromatic heterocycles. The highest BCUT2D eigenvalue weighted by atomic mass is 16.5. The predicted octanol–water partition coefficient (Wildman–Crippen LogP) is 2.53. The first kappa shape index (κ1) is 14.7. The Balaban J connectivity index is 3.92. The molecule has 16 heavy (non-hydrogen) atoms. The molecule has 4 heteroatoms. The summed E-state index contributed by atoms with van der Waals surface area (Å²) in [6, 6.07) is 0. The van der Waals surface area contributed by atoms with Gasteiger partial charge in [0.2, 0.25) is 0 Å². The van der Waals surface area contributed by atoms with Crippen LogP contribution in [-0.2, 0) is 14.3 Å². The highest BCUT2D eigenvalue weighted by Crippen LogP contribution is 2.10. The van der Waals surface area contributed by atoms with Gasteiger partial charge in [0.25, 0.3) is 0 Å². The van der Waals surface area contributed by atoms with E-state index >= 15 is 0 Å². The van der Waals surface area contributed by atoms with Gasteiger partial charge in [-0.1, -0.05) is 26.7 Å². The Morgan fingerprint density at radius 3 is 2.44 bits per heavy atom. The Bertz CT molecular complexity index is 245. The molecule has 0 aliphatic heterocycles. The van der Waals surface area contributed by atoms with Crippen molar-refractivity contribution in [3.05, 3.63) is 12.2 Å². The minimum absolute atomic E-state index is 0.0995. The number of carbonyl (C=O) groups is 2. The van der Waals surface area contributed by atoms with E-state index in [9.17, 15) is 9.59 Å². The third-order valence-electron chi connectivity index (χ3n) is 2.23. The molecule has 4 nitrogen and oxygen atoms in total. The van der Waals surface area contributed by atoms with Crippen molar-refractivity contribution in [2.24, 2.45) is 0 Å². The molecule has 0 aliphatic carbocycles. The van der Waals surface area contributed by atoms with Crippen molar-refractivity contribution < 1.29 is 19.4 Å². The molecule has 0 spiro atoms. The molecule has 0 saturated heterocycles. The van der Waals surface area contributed by atoms with E-state index in [1.165, 1.54) is 0 Å². The summed E-state index contributed by atoms with van der Waals surface area (Å²) in [4.78, 5) is 21.4. The molecule has 0 fully saturated rings. The number of hydrogen-bond acceptors (Lipinski definition) is 3. The van der Waals surface area contributed by atoms with Crippen molar-refractivity contribution in [2.75, 3.05) is 0 Å². The van der Waals surface area contributed by atoms with Crippen LogP contribution in [0.4, 0.5) is 0 Å². The van der Waals surface area contributed by atoms with Gasteiger partial charge in [0.15, 0.2) is 0 Å². The lowest BCUT2D eigenvalue weighted by Crippen LogP contribution is -2.16. The SMILES string of the molecule is CCCCCC(CC)OC(=O)/C=C\C(=O)O. The summed E-state index contributed by atoms with van der Waals surface area (Å²) in [6.07, 6.45) is 6.53. The highest BCUT2D eigenvalue weighted by molar-refractivity contribution is 5.90. The maximum atomic E-state index is 11.2. The maximum absolute atomic E-state index is 11.2. The van der Waals surface area contributed by atoms with Crippen molar-refractivity contribution in [1.82, 2.24) is 0 Å². The van der Waals surface area contributed by atoms with Gasteiger partial charge in [-0.2, -0.15) is 0 Å². The van der Waals surface area contributed by atoms with Gasteiger partial charge in [0, 0.05) is 12.2 Å². The first-order valence-corrected chi connectivity index (χ1v) is 5.71. The van der Waals surface area contributed by atoms with Crippen LogP contribution in [0.25, 0.3) is 0 Å². The van der Waals surface area contributed by atoms with Crippen molar-refractivity contribution in [2.45, 2.75) is 52.1 Å². The zero-order valence-electron chi connectivity index (χ0n) is 9.94. The minimum Gasteiger partial charge on any atom is -0.478 e. The first-order valence-electron chi connectivity index (χ1n) is 5.71. The monoisotopic (exact) mass is 228 g/mol. The molecule has 0 bridgehead atoms. The molecule has 1 unspecified atom stereocenters. The second-order valence-corrected chi connectivity index (χ2v) is 3.63. The minimum atomic E-state index is -1.14. The maximum Gasteiger partial charge on any atom is 0.331 e. The predicted molar refractivity (Wildman–Crippen MR) is 61.1 cm³/mol. The van der Waals surface area contributed by atoms with Gasteiger partial charge in [-0.25, -0.2) is 9.59 Å². The lowest BCUT2D eigenvalue weighted by molar-refractivity contribution is -0.144. The van der Waals surface area contributed by atoms with Crippen LogP contribution in [0.1, 0.15) is 46.0 Å². The van der Waals surface area contributed by atoms with E-state index in [4.69, 9.17) is 9.84 Å². The van der Waals surface area contributed by atoms with Gasteiger partial charge in [0.1, 0.15) is 6.10 Å². The van der Waals surface area contributed by atoms with Crippen molar-refractivity contribution in [3.63, 3.8) is 0 Å². The summed E-state index contributed by atoms with van der Waals surface area (Å²) in [5, 5.41) is 8.33. The zero-order valence-corrected chi connectivity index (χ0v) is 9.94. The molecule has 0 rings (SSSR count). The first-order chi connectivity index (χ1) is 7.60. The van der Waals surface area contributed by atoms with Crippen molar-refractivity contribution >= 4 is 11.9 Å². The van der Waals surface area contributed by atoms with E-state index in [0.717, 1.165) is 44.3 Å². The van der Waals surface area contributed by atoms with Gasteiger partial charge in [-0.15, -0.1) is 0 Å². The van der Waals surface area contributed by atoms with Crippen LogP contribution in [0.3, 0.4) is 0 Å². The summed E-state index contributed by atoms with van der Waals surface area (Å²) < 4.78 is 5.11. The van der Waals surface area contributed by atoms with Crippen LogP contribution in [0, 0.1) is 0 Å². The lowest BCUT2D eigenvalue weighted by Gasteiger charge is -2.14. The van der Waals surface area contributed by atoms with Gasteiger partial charge in [0.05, 0.1) is 0 Å². The molecular formula is C12H20O4. The van der Waals surface area contributed by atoms with E-state index in [2.05, 4.69) is 6.92 Å². The Kier molecular flexibility index (Phi) is 8.21. The van der Waals surface area contributed by atoms with E-state index < -0.39 is 11.9 Å². The molecule has 1 atom stereocenters. The number of aliphatic carboxylic acids is 1. The van der Waals surface area contributed by atoms with E-state index in [1.54, 1.807) is 0 Å². The molecule has 0 heterocycles. The normalized spacial score (nSPS) is 12.6. The molecule has 1 N–H and O–H groups in total. The van der Waals surface area contributed by atoms with E-state index in [0.29, 0.717) is 0 Å². The van der Waals surface area contributed by atoms with Crippen LogP contribution < -0.4 is 0 Å².